The number of hydrogen-bond donors (Lipinski definition) is 0. The summed E-state index contributed by atoms with van der Waals surface area (Å²) >= 11 is 6.62. The van der Waals surface area contributed by atoms with Crippen molar-refractivity contribution < 1.29 is 9.53 Å². The number of unbranched alkanes of at least 4 members (excludes halogenated alkanes) is 4. The summed E-state index contributed by atoms with van der Waals surface area (Å²) in [7, 11) is 1.44. The van der Waals surface area contributed by atoms with Crippen molar-refractivity contribution in [3.05, 3.63) is 42.0 Å². The maximum Gasteiger partial charge on any atom is 0.305 e. The highest BCUT2D eigenvalue weighted by atomic mass is 35.5. The first-order chi connectivity index (χ1) is 13.7. The third-order valence-electron chi connectivity index (χ3n) is 5.57. The van der Waals surface area contributed by atoms with E-state index in [0.29, 0.717) is 12.5 Å². The Labute approximate surface area is 176 Å². The van der Waals surface area contributed by atoms with Crippen molar-refractivity contribution in [3.8, 4) is 0 Å². The van der Waals surface area contributed by atoms with Gasteiger partial charge in [0, 0.05) is 24.7 Å². The number of halogens is 1. The summed E-state index contributed by atoms with van der Waals surface area (Å²) in [6.07, 6.45) is 15.0. The first kappa shape index (κ1) is 22.8. The molecule has 0 saturated carbocycles. The lowest BCUT2D eigenvalue weighted by molar-refractivity contribution is -0.140. The topological polar surface area (TPSA) is 29.5 Å². The van der Waals surface area contributed by atoms with Crippen molar-refractivity contribution in [2.24, 2.45) is 0 Å². The standard InChI is InChI=1S/C24H36ClNO2/c1-3-4-5-8-11-20-14-16-21(17-15-20)26-19-18-22(25)23(26)12-9-6-7-10-13-24(27)28-2/h6,9,14-17,22-23H,3-5,7-8,10-13,18-19H2,1-2H3/b9-6-/t22?,23-/m0/s1. The Hall–Kier alpha value is -1.48. The van der Waals surface area contributed by atoms with E-state index in [-0.39, 0.29) is 11.3 Å². The van der Waals surface area contributed by atoms with Crippen LogP contribution in [0, 0.1) is 0 Å². The van der Waals surface area contributed by atoms with Crippen molar-refractivity contribution in [1.29, 1.82) is 0 Å². The highest BCUT2D eigenvalue weighted by Gasteiger charge is 2.31. The molecular formula is C24H36ClNO2. The number of carbonyl (C=O) groups is 1. The van der Waals surface area contributed by atoms with E-state index in [1.165, 1.54) is 50.5 Å². The van der Waals surface area contributed by atoms with Crippen LogP contribution in [0.15, 0.2) is 36.4 Å². The number of alkyl halides is 1. The number of benzene rings is 1. The third-order valence-corrected chi connectivity index (χ3v) is 6.08. The summed E-state index contributed by atoms with van der Waals surface area (Å²) in [6, 6.07) is 9.42. The average Bonchev–Trinajstić information content (AvgIpc) is 3.08. The number of anilines is 1. The molecule has 1 saturated heterocycles. The molecule has 1 aliphatic rings. The Balaban J connectivity index is 1.82. The number of methoxy groups -OCH3 is 1. The number of allylic oxidation sites excluding steroid dienone is 1. The van der Waals surface area contributed by atoms with Gasteiger partial charge in [-0.25, -0.2) is 0 Å². The van der Waals surface area contributed by atoms with Gasteiger partial charge in [-0.05, 0) is 56.2 Å². The molecule has 0 bridgehead atoms. The molecule has 0 radical (unpaired) electrons. The van der Waals surface area contributed by atoms with Gasteiger partial charge < -0.3 is 9.64 Å². The molecule has 1 aromatic carbocycles. The van der Waals surface area contributed by atoms with Crippen molar-refractivity contribution in [2.75, 3.05) is 18.6 Å². The molecule has 28 heavy (non-hydrogen) atoms. The molecule has 1 heterocycles. The van der Waals surface area contributed by atoms with Crippen molar-refractivity contribution in [3.63, 3.8) is 0 Å². The first-order valence-electron chi connectivity index (χ1n) is 10.9. The van der Waals surface area contributed by atoms with Crippen LogP contribution in [0.3, 0.4) is 0 Å². The number of hydrogen-bond acceptors (Lipinski definition) is 3. The van der Waals surface area contributed by atoms with Crippen LogP contribution in [0.25, 0.3) is 0 Å². The van der Waals surface area contributed by atoms with Crippen molar-refractivity contribution >= 4 is 23.3 Å². The van der Waals surface area contributed by atoms with E-state index >= 15 is 0 Å². The van der Waals surface area contributed by atoms with E-state index in [2.05, 4.69) is 53.0 Å². The second-order valence-electron chi connectivity index (χ2n) is 7.72. The van der Waals surface area contributed by atoms with E-state index in [1.54, 1.807) is 0 Å². The molecule has 0 spiro atoms. The maximum absolute atomic E-state index is 11.1. The number of carbonyl (C=O) groups excluding carboxylic acids is 1. The summed E-state index contributed by atoms with van der Waals surface area (Å²) in [6.45, 7) is 3.27. The molecule has 0 N–H and O–H groups in total. The minimum absolute atomic E-state index is 0.134. The lowest BCUT2D eigenvalue weighted by Gasteiger charge is -2.27. The van der Waals surface area contributed by atoms with Gasteiger partial charge in [-0.1, -0.05) is 50.5 Å². The molecule has 0 aromatic heterocycles. The highest BCUT2D eigenvalue weighted by Crippen LogP contribution is 2.31. The molecule has 1 aromatic rings. The summed E-state index contributed by atoms with van der Waals surface area (Å²) in [5, 5.41) is 0.188. The maximum atomic E-state index is 11.1. The molecule has 0 amide bonds. The molecule has 2 rings (SSSR count). The van der Waals surface area contributed by atoms with Gasteiger partial charge in [0.2, 0.25) is 0 Å². The molecule has 156 valence electrons. The molecule has 4 heteroatoms. The van der Waals surface area contributed by atoms with Gasteiger partial charge in [-0.15, -0.1) is 11.6 Å². The van der Waals surface area contributed by atoms with Crippen LogP contribution >= 0.6 is 11.6 Å². The Morgan fingerprint density at radius 2 is 1.96 bits per heavy atom. The van der Waals surface area contributed by atoms with Gasteiger partial charge in [0.1, 0.15) is 0 Å². The van der Waals surface area contributed by atoms with E-state index in [0.717, 1.165) is 32.2 Å². The van der Waals surface area contributed by atoms with Gasteiger partial charge in [0.15, 0.2) is 0 Å². The minimum atomic E-state index is -0.134. The Kier molecular flexibility index (Phi) is 10.5. The van der Waals surface area contributed by atoms with Crippen molar-refractivity contribution in [1.82, 2.24) is 0 Å². The Morgan fingerprint density at radius 3 is 2.68 bits per heavy atom. The molecular weight excluding hydrogens is 370 g/mol. The fraction of sp³-hybridized carbons (Fsp3) is 0.625. The van der Waals surface area contributed by atoms with Crippen LogP contribution in [0.5, 0.6) is 0 Å². The fourth-order valence-corrected chi connectivity index (χ4v) is 4.18. The molecule has 1 unspecified atom stereocenters. The molecule has 3 nitrogen and oxygen atoms in total. The zero-order valence-corrected chi connectivity index (χ0v) is 18.3. The second-order valence-corrected chi connectivity index (χ2v) is 8.28. The number of esters is 1. The van der Waals surface area contributed by atoms with Crippen LogP contribution in [0.2, 0.25) is 0 Å². The quantitative estimate of drug-likeness (QED) is 0.177. The second kappa shape index (κ2) is 12.9. The minimum Gasteiger partial charge on any atom is -0.469 e. The molecule has 2 atom stereocenters. The van der Waals surface area contributed by atoms with Gasteiger partial charge >= 0.3 is 5.97 Å². The summed E-state index contributed by atoms with van der Waals surface area (Å²) < 4.78 is 4.67. The summed E-state index contributed by atoms with van der Waals surface area (Å²) in [5.74, 6) is -0.134. The van der Waals surface area contributed by atoms with Crippen LogP contribution in [0.1, 0.15) is 70.3 Å². The number of rotatable bonds is 12. The third kappa shape index (κ3) is 7.50. The normalized spacial score (nSPS) is 19.5. The Bertz CT molecular complexity index is 599. The van der Waals surface area contributed by atoms with Crippen molar-refractivity contribution in [2.45, 2.75) is 82.6 Å². The smallest absolute Gasteiger partial charge is 0.305 e. The zero-order chi connectivity index (χ0) is 20.2. The van der Waals surface area contributed by atoms with Gasteiger partial charge in [0.05, 0.1) is 12.5 Å². The molecule has 0 aliphatic carbocycles. The summed E-state index contributed by atoms with van der Waals surface area (Å²) in [4.78, 5) is 13.6. The van der Waals surface area contributed by atoms with Crippen LogP contribution < -0.4 is 4.90 Å². The van der Waals surface area contributed by atoms with Crippen LogP contribution in [-0.2, 0) is 16.0 Å². The van der Waals surface area contributed by atoms with E-state index in [9.17, 15) is 4.79 Å². The first-order valence-corrected chi connectivity index (χ1v) is 11.3. The van der Waals surface area contributed by atoms with Gasteiger partial charge in [-0.3, -0.25) is 4.79 Å². The predicted octanol–water partition coefficient (Wildman–Crippen LogP) is 6.29. The van der Waals surface area contributed by atoms with Crippen LogP contribution in [0.4, 0.5) is 5.69 Å². The van der Waals surface area contributed by atoms with Gasteiger partial charge in [-0.2, -0.15) is 0 Å². The Morgan fingerprint density at radius 1 is 1.18 bits per heavy atom. The summed E-state index contributed by atoms with van der Waals surface area (Å²) in [5.41, 5.74) is 2.72. The largest absolute Gasteiger partial charge is 0.469 e. The monoisotopic (exact) mass is 405 g/mol. The number of nitrogens with zero attached hydrogens (tertiary/aromatic N) is 1. The highest BCUT2D eigenvalue weighted by molar-refractivity contribution is 6.21. The van der Waals surface area contributed by atoms with Gasteiger partial charge in [0.25, 0.3) is 0 Å². The SMILES string of the molecule is CCCCCCc1ccc(N2CCC(Cl)[C@@H]2C/C=C\CCCC(=O)OC)cc1. The lowest BCUT2D eigenvalue weighted by atomic mass is 10.1. The number of ether oxygens (including phenoxy) is 1. The van der Waals surface area contributed by atoms with E-state index in [4.69, 9.17) is 11.6 Å². The number of aryl methyl sites for hydroxylation is 1. The predicted molar refractivity (Wildman–Crippen MR) is 119 cm³/mol. The zero-order valence-electron chi connectivity index (χ0n) is 17.5. The lowest BCUT2D eigenvalue weighted by Crippen LogP contribution is -2.32. The van der Waals surface area contributed by atoms with E-state index < -0.39 is 0 Å². The van der Waals surface area contributed by atoms with E-state index in [1.807, 2.05) is 0 Å². The van der Waals surface area contributed by atoms with Crippen LogP contribution in [-0.4, -0.2) is 31.0 Å². The molecule has 1 fully saturated rings. The fourth-order valence-electron chi connectivity index (χ4n) is 3.84. The average molecular weight is 406 g/mol. The molecule has 1 aliphatic heterocycles.